The Balaban J connectivity index is 0.00000320. The van der Waals surface area contributed by atoms with E-state index in [1.54, 1.807) is 0 Å². The zero-order valence-electron chi connectivity index (χ0n) is 18.4. The van der Waals surface area contributed by atoms with E-state index in [4.69, 9.17) is 9.73 Å². The summed E-state index contributed by atoms with van der Waals surface area (Å²) in [5.74, 6) is 1.53. The zero-order chi connectivity index (χ0) is 20.5. The average Bonchev–Trinajstić information content (AvgIpc) is 2.72. The van der Waals surface area contributed by atoms with Crippen LogP contribution in [0.4, 0.5) is 0 Å². The van der Waals surface area contributed by atoms with Crippen LogP contribution < -0.4 is 10.6 Å². The van der Waals surface area contributed by atoms with Crippen LogP contribution in [0.1, 0.15) is 26.3 Å². The molecule has 1 fully saturated rings. The number of fused-ring (bicyclic) bond motifs is 1. The molecule has 1 aliphatic rings. The van der Waals surface area contributed by atoms with E-state index in [0.717, 1.165) is 57.2 Å². The number of para-hydroxylation sites is 1. The quantitative estimate of drug-likeness (QED) is 0.315. The van der Waals surface area contributed by atoms with Crippen LogP contribution in [0.2, 0.25) is 0 Å². The number of morpholine rings is 1. The molecule has 0 spiro atoms. The number of nitrogens with zero attached hydrogens (tertiary/aromatic N) is 3. The maximum absolute atomic E-state index is 5.93. The molecular formula is C23H36IN5O. The highest BCUT2D eigenvalue weighted by Crippen LogP contribution is 2.16. The van der Waals surface area contributed by atoms with E-state index in [0.29, 0.717) is 12.5 Å². The minimum Gasteiger partial charge on any atom is -0.374 e. The molecule has 0 saturated carbocycles. The summed E-state index contributed by atoms with van der Waals surface area (Å²) in [5, 5.41) is 7.99. The van der Waals surface area contributed by atoms with Crippen LogP contribution in [0, 0.1) is 5.92 Å². The highest BCUT2D eigenvalue weighted by Gasteiger charge is 2.20. The lowest BCUT2D eigenvalue weighted by Gasteiger charge is -2.33. The number of halogens is 1. The summed E-state index contributed by atoms with van der Waals surface area (Å²) in [6.45, 7) is 12.9. The van der Waals surface area contributed by atoms with Gasteiger partial charge in [0.2, 0.25) is 0 Å². The first-order chi connectivity index (χ1) is 14.2. The molecule has 0 radical (unpaired) electrons. The van der Waals surface area contributed by atoms with Gasteiger partial charge in [-0.15, -0.1) is 24.0 Å². The van der Waals surface area contributed by atoms with Crippen LogP contribution in [-0.2, 0) is 11.2 Å². The summed E-state index contributed by atoms with van der Waals surface area (Å²) in [6.07, 6.45) is 2.93. The maximum atomic E-state index is 5.93. The highest BCUT2D eigenvalue weighted by atomic mass is 127. The minimum absolute atomic E-state index is 0. The smallest absolute Gasteiger partial charge is 0.191 e. The van der Waals surface area contributed by atoms with Gasteiger partial charge in [0, 0.05) is 44.3 Å². The number of nitrogens with one attached hydrogen (secondary N) is 2. The van der Waals surface area contributed by atoms with Gasteiger partial charge < -0.3 is 15.4 Å². The van der Waals surface area contributed by atoms with Crippen LogP contribution >= 0.6 is 24.0 Å². The van der Waals surface area contributed by atoms with Crippen LogP contribution in [0.15, 0.2) is 41.5 Å². The van der Waals surface area contributed by atoms with Crippen LogP contribution in [0.5, 0.6) is 0 Å². The molecule has 1 aromatic heterocycles. The first kappa shape index (κ1) is 24.8. The predicted molar refractivity (Wildman–Crippen MR) is 136 cm³/mol. The number of hydrogen-bond acceptors (Lipinski definition) is 4. The average molecular weight is 525 g/mol. The van der Waals surface area contributed by atoms with Gasteiger partial charge >= 0.3 is 0 Å². The van der Waals surface area contributed by atoms with Crippen molar-refractivity contribution in [1.29, 1.82) is 0 Å². The van der Waals surface area contributed by atoms with Crippen LogP contribution in [0.25, 0.3) is 10.9 Å². The summed E-state index contributed by atoms with van der Waals surface area (Å²) in [6, 6.07) is 10.5. The van der Waals surface area contributed by atoms with E-state index in [-0.39, 0.29) is 30.1 Å². The molecule has 0 aliphatic carbocycles. The van der Waals surface area contributed by atoms with E-state index in [2.05, 4.69) is 65.6 Å². The third-order valence-electron chi connectivity index (χ3n) is 5.05. The van der Waals surface area contributed by atoms with E-state index in [9.17, 15) is 0 Å². The first-order valence-electron chi connectivity index (χ1n) is 10.8. The standard InChI is InChI=1S/C23H35N5O.HI/c1-4-24-23(27-15-21-17-28(13-14-29-21)16-18(2)3)26-12-10-20-8-5-7-19-9-6-11-25-22(19)20;/h5-9,11,18,21H,4,10,12-17H2,1-3H3,(H2,24,26,27);1H. The van der Waals surface area contributed by atoms with Gasteiger partial charge in [0.15, 0.2) is 5.96 Å². The number of aliphatic imine (C=N–C) groups is 1. The monoisotopic (exact) mass is 525 g/mol. The van der Waals surface area contributed by atoms with Gasteiger partial charge in [0.1, 0.15) is 0 Å². The van der Waals surface area contributed by atoms with Gasteiger partial charge in [-0.25, -0.2) is 0 Å². The Bertz CT molecular complexity index is 793. The molecule has 166 valence electrons. The van der Waals surface area contributed by atoms with Crippen molar-refractivity contribution in [3.05, 3.63) is 42.1 Å². The molecule has 1 atom stereocenters. The summed E-state index contributed by atoms with van der Waals surface area (Å²) < 4.78 is 5.93. The Morgan fingerprint density at radius 2 is 2.10 bits per heavy atom. The van der Waals surface area contributed by atoms with Gasteiger partial charge in [-0.2, -0.15) is 0 Å². The van der Waals surface area contributed by atoms with Gasteiger partial charge in [0.05, 0.1) is 24.8 Å². The fraction of sp³-hybridized carbons (Fsp3) is 0.565. The van der Waals surface area contributed by atoms with Crippen molar-refractivity contribution < 1.29 is 4.74 Å². The largest absolute Gasteiger partial charge is 0.374 e. The lowest BCUT2D eigenvalue weighted by molar-refractivity contribution is -0.0261. The van der Waals surface area contributed by atoms with Gasteiger partial charge in [-0.05, 0) is 30.9 Å². The Hall–Kier alpha value is -1.45. The third-order valence-corrected chi connectivity index (χ3v) is 5.05. The number of hydrogen-bond donors (Lipinski definition) is 2. The number of ether oxygens (including phenoxy) is 1. The minimum atomic E-state index is 0. The van der Waals surface area contributed by atoms with Crippen LogP contribution in [0.3, 0.4) is 0 Å². The van der Waals surface area contributed by atoms with Gasteiger partial charge in [-0.1, -0.05) is 38.1 Å². The number of rotatable bonds is 8. The molecule has 1 aliphatic heterocycles. The van der Waals surface area contributed by atoms with Crippen molar-refractivity contribution in [1.82, 2.24) is 20.5 Å². The normalized spacial score (nSPS) is 17.7. The highest BCUT2D eigenvalue weighted by molar-refractivity contribution is 14.0. The molecule has 2 heterocycles. The van der Waals surface area contributed by atoms with Crippen molar-refractivity contribution in [2.24, 2.45) is 10.9 Å². The van der Waals surface area contributed by atoms with Crippen molar-refractivity contribution in [2.75, 3.05) is 45.9 Å². The maximum Gasteiger partial charge on any atom is 0.191 e. The molecule has 7 heteroatoms. The molecule has 3 rings (SSSR count). The van der Waals surface area contributed by atoms with E-state index >= 15 is 0 Å². The molecule has 1 aromatic carbocycles. The zero-order valence-corrected chi connectivity index (χ0v) is 20.8. The molecule has 0 amide bonds. The number of benzene rings is 1. The van der Waals surface area contributed by atoms with E-state index in [1.165, 1.54) is 10.9 Å². The van der Waals surface area contributed by atoms with Gasteiger partial charge in [0.25, 0.3) is 0 Å². The molecule has 1 saturated heterocycles. The predicted octanol–water partition coefficient (Wildman–Crippen LogP) is 3.31. The topological polar surface area (TPSA) is 61.8 Å². The van der Waals surface area contributed by atoms with Crippen molar-refractivity contribution >= 4 is 40.8 Å². The van der Waals surface area contributed by atoms with Crippen LogP contribution in [-0.4, -0.2) is 67.8 Å². The molecule has 6 nitrogen and oxygen atoms in total. The van der Waals surface area contributed by atoms with E-state index < -0.39 is 0 Å². The fourth-order valence-corrected chi connectivity index (χ4v) is 3.79. The third kappa shape index (κ3) is 7.67. The second kappa shape index (κ2) is 13.1. The number of pyridine rings is 1. The SMILES string of the molecule is CCNC(=NCC1CN(CC(C)C)CCO1)NCCc1cccc2cccnc12.I. The van der Waals surface area contributed by atoms with Crippen molar-refractivity contribution in [2.45, 2.75) is 33.3 Å². The van der Waals surface area contributed by atoms with Gasteiger partial charge in [-0.3, -0.25) is 14.9 Å². The second-order valence-corrected chi connectivity index (χ2v) is 8.03. The number of aromatic nitrogens is 1. The summed E-state index contributed by atoms with van der Waals surface area (Å²) in [5.41, 5.74) is 2.34. The fourth-order valence-electron chi connectivity index (χ4n) is 3.79. The Labute approximate surface area is 197 Å². The summed E-state index contributed by atoms with van der Waals surface area (Å²) in [7, 11) is 0. The lowest BCUT2D eigenvalue weighted by atomic mass is 10.1. The number of guanidine groups is 1. The molecule has 0 bridgehead atoms. The molecule has 30 heavy (non-hydrogen) atoms. The summed E-state index contributed by atoms with van der Waals surface area (Å²) >= 11 is 0. The lowest BCUT2D eigenvalue weighted by Crippen LogP contribution is -2.46. The molecule has 2 N–H and O–H groups in total. The molecular weight excluding hydrogens is 489 g/mol. The summed E-state index contributed by atoms with van der Waals surface area (Å²) in [4.78, 5) is 11.8. The second-order valence-electron chi connectivity index (χ2n) is 8.03. The van der Waals surface area contributed by atoms with Crippen molar-refractivity contribution in [3.8, 4) is 0 Å². The van der Waals surface area contributed by atoms with E-state index in [1.807, 2.05) is 12.3 Å². The molecule has 2 aromatic rings. The first-order valence-corrected chi connectivity index (χ1v) is 10.8. The Kier molecular flexibility index (Phi) is 10.8. The Morgan fingerprint density at radius 3 is 2.90 bits per heavy atom. The van der Waals surface area contributed by atoms with Crippen molar-refractivity contribution in [3.63, 3.8) is 0 Å². The molecule has 1 unspecified atom stereocenters. The Morgan fingerprint density at radius 1 is 1.27 bits per heavy atom.